The maximum Gasteiger partial charge on any atom is 0.257 e. The molecule has 5 nitrogen and oxygen atoms in total. The van der Waals surface area contributed by atoms with E-state index in [1.54, 1.807) is 0 Å². The van der Waals surface area contributed by atoms with E-state index in [1.165, 1.54) is 0 Å². The third-order valence-electron chi connectivity index (χ3n) is 7.08. The summed E-state index contributed by atoms with van der Waals surface area (Å²) in [5.74, 6) is -0.0110. The first-order valence-electron chi connectivity index (χ1n) is 14.2. The number of carbonyl (C=O) groups is 2. The van der Waals surface area contributed by atoms with Gasteiger partial charge in [0.1, 0.15) is 0 Å². The van der Waals surface area contributed by atoms with Crippen LogP contribution in [0.3, 0.4) is 0 Å². The maximum absolute atomic E-state index is 13.3. The molecular weight excluding hydrogens is 506 g/mol. The van der Waals surface area contributed by atoms with Gasteiger partial charge in [0, 0.05) is 48.0 Å². The summed E-state index contributed by atoms with van der Waals surface area (Å²) in [6.45, 7) is 0.812. The molecule has 1 aromatic heterocycles. The van der Waals surface area contributed by atoms with Gasteiger partial charge in [0.2, 0.25) is 5.91 Å². The lowest BCUT2D eigenvalue weighted by Gasteiger charge is -2.23. The Morgan fingerprint density at radius 3 is 1.76 bits per heavy atom. The molecule has 0 aliphatic heterocycles. The van der Waals surface area contributed by atoms with Gasteiger partial charge in [-0.1, -0.05) is 97.8 Å². The summed E-state index contributed by atoms with van der Waals surface area (Å²) < 4.78 is 2.11. The van der Waals surface area contributed by atoms with Crippen molar-refractivity contribution >= 4 is 28.9 Å². The number of unbranched alkanes of at least 4 members (excludes halogenated alkanes) is 3. The van der Waals surface area contributed by atoms with Gasteiger partial charge in [-0.05, 0) is 54.8 Å². The standard InChI is InChI=1S/C36H35N3O2/c40-35(39(31-21-11-5-12-22-31)32-23-13-6-14-24-32)25-15-1-2-16-26-38-27-33(29-17-7-3-8-18-29)34(28-38)36(41)37-30-19-9-4-10-20-30/h3-14,17-24,27-28H,1-2,15-16,25-26H2,(H,37,41). The van der Waals surface area contributed by atoms with E-state index in [0.29, 0.717) is 12.0 Å². The highest BCUT2D eigenvalue weighted by Crippen LogP contribution is 2.28. The molecule has 206 valence electrons. The molecule has 5 heteroatoms. The number of nitrogens with zero attached hydrogens (tertiary/aromatic N) is 2. The molecule has 41 heavy (non-hydrogen) atoms. The van der Waals surface area contributed by atoms with Crippen molar-refractivity contribution in [3.63, 3.8) is 0 Å². The lowest BCUT2D eigenvalue weighted by Crippen LogP contribution is -2.25. The Morgan fingerprint density at radius 1 is 0.610 bits per heavy atom. The van der Waals surface area contributed by atoms with Crippen LogP contribution in [0.1, 0.15) is 42.5 Å². The molecule has 2 amide bonds. The molecule has 0 aliphatic rings. The molecule has 0 spiro atoms. The molecule has 0 bridgehead atoms. The Bertz CT molecular complexity index is 1490. The lowest BCUT2D eigenvalue weighted by atomic mass is 10.0. The number of para-hydroxylation sites is 3. The number of hydrogen-bond donors (Lipinski definition) is 1. The van der Waals surface area contributed by atoms with Crippen LogP contribution in [0.5, 0.6) is 0 Å². The predicted molar refractivity (Wildman–Crippen MR) is 167 cm³/mol. The molecule has 0 fully saturated rings. The highest BCUT2D eigenvalue weighted by molar-refractivity contribution is 6.08. The zero-order valence-electron chi connectivity index (χ0n) is 23.2. The van der Waals surface area contributed by atoms with Crippen LogP contribution in [0, 0.1) is 0 Å². The molecular formula is C36H35N3O2. The van der Waals surface area contributed by atoms with Crippen molar-refractivity contribution in [3.05, 3.63) is 139 Å². The topological polar surface area (TPSA) is 54.3 Å². The third-order valence-corrected chi connectivity index (χ3v) is 7.08. The van der Waals surface area contributed by atoms with Crippen LogP contribution >= 0.6 is 0 Å². The van der Waals surface area contributed by atoms with Crippen molar-refractivity contribution in [1.82, 2.24) is 4.57 Å². The number of rotatable bonds is 12. The van der Waals surface area contributed by atoms with Gasteiger partial charge >= 0.3 is 0 Å². The zero-order chi connectivity index (χ0) is 28.3. The van der Waals surface area contributed by atoms with Gasteiger partial charge in [-0.15, -0.1) is 0 Å². The minimum Gasteiger partial charge on any atom is -0.353 e. The van der Waals surface area contributed by atoms with E-state index in [9.17, 15) is 9.59 Å². The van der Waals surface area contributed by atoms with Gasteiger partial charge in [0.15, 0.2) is 0 Å². The second-order valence-electron chi connectivity index (χ2n) is 10.1. The van der Waals surface area contributed by atoms with Gasteiger partial charge < -0.3 is 9.88 Å². The first kappa shape index (κ1) is 27.7. The molecule has 0 atom stereocenters. The van der Waals surface area contributed by atoms with Crippen LogP contribution in [0.15, 0.2) is 134 Å². The minimum atomic E-state index is -0.117. The van der Waals surface area contributed by atoms with Gasteiger partial charge in [-0.3, -0.25) is 14.5 Å². The van der Waals surface area contributed by atoms with E-state index >= 15 is 0 Å². The molecule has 1 N–H and O–H groups in total. The lowest BCUT2D eigenvalue weighted by molar-refractivity contribution is -0.118. The van der Waals surface area contributed by atoms with E-state index in [4.69, 9.17) is 0 Å². The smallest absolute Gasteiger partial charge is 0.257 e. The molecule has 0 aliphatic carbocycles. The Morgan fingerprint density at radius 2 is 1.15 bits per heavy atom. The average Bonchev–Trinajstić information content (AvgIpc) is 3.46. The summed E-state index contributed by atoms with van der Waals surface area (Å²) in [5.41, 5.74) is 5.15. The quantitative estimate of drug-likeness (QED) is 0.161. The average molecular weight is 542 g/mol. The minimum absolute atomic E-state index is 0.106. The van der Waals surface area contributed by atoms with E-state index in [1.807, 2.05) is 132 Å². The van der Waals surface area contributed by atoms with E-state index in [-0.39, 0.29) is 11.8 Å². The Balaban J connectivity index is 1.16. The first-order valence-corrected chi connectivity index (χ1v) is 14.2. The van der Waals surface area contributed by atoms with Crippen molar-refractivity contribution in [2.45, 2.75) is 38.6 Å². The van der Waals surface area contributed by atoms with Crippen molar-refractivity contribution in [2.75, 3.05) is 10.2 Å². The van der Waals surface area contributed by atoms with Crippen molar-refractivity contribution in [3.8, 4) is 11.1 Å². The van der Waals surface area contributed by atoms with E-state index in [0.717, 1.165) is 60.4 Å². The summed E-state index contributed by atoms with van der Waals surface area (Å²) in [6, 6.07) is 39.2. The number of aromatic nitrogens is 1. The number of aryl methyl sites for hydroxylation is 1. The number of carbonyl (C=O) groups excluding carboxylic acids is 2. The highest BCUT2D eigenvalue weighted by atomic mass is 16.2. The fraction of sp³-hybridized carbons (Fsp3) is 0.167. The normalized spacial score (nSPS) is 10.7. The number of benzene rings is 4. The molecule has 0 saturated carbocycles. The fourth-order valence-corrected chi connectivity index (χ4v) is 5.01. The molecule has 0 saturated heterocycles. The first-order chi connectivity index (χ1) is 20.2. The van der Waals surface area contributed by atoms with Crippen LogP contribution in [-0.4, -0.2) is 16.4 Å². The Kier molecular flexibility index (Phi) is 9.41. The predicted octanol–water partition coefficient (Wildman–Crippen LogP) is 8.72. The molecule has 1 heterocycles. The van der Waals surface area contributed by atoms with Crippen molar-refractivity contribution in [1.29, 1.82) is 0 Å². The summed E-state index contributed by atoms with van der Waals surface area (Å²) in [5, 5.41) is 3.02. The van der Waals surface area contributed by atoms with Gasteiger partial charge in [-0.25, -0.2) is 0 Å². The summed E-state index contributed by atoms with van der Waals surface area (Å²) in [6.07, 6.45) is 8.29. The second-order valence-corrected chi connectivity index (χ2v) is 10.1. The maximum atomic E-state index is 13.3. The Hall–Kier alpha value is -4.90. The largest absolute Gasteiger partial charge is 0.353 e. The van der Waals surface area contributed by atoms with Crippen molar-refractivity contribution in [2.24, 2.45) is 0 Å². The van der Waals surface area contributed by atoms with Crippen LogP contribution in [0.4, 0.5) is 17.1 Å². The van der Waals surface area contributed by atoms with Gasteiger partial charge in [-0.2, -0.15) is 0 Å². The van der Waals surface area contributed by atoms with Crippen LogP contribution in [-0.2, 0) is 11.3 Å². The third kappa shape index (κ3) is 7.40. The highest BCUT2D eigenvalue weighted by Gasteiger charge is 2.18. The molecule has 5 aromatic rings. The number of hydrogen-bond acceptors (Lipinski definition) is 2. The second kappa shape index (κ2) is 13.9. The van der Waals surface area contributed by atoms with Gasteiger partial charge in [0.25, 0.3) is 5.91 Å². The molecule has 5 rings (SSSR count). The van der Waals surface area contributed by atoms with Crippen molar-refractivity contribution < 1.29 is 9.59 Å². The molecule has 0 unspecified atom stereocenters. The SMILES string of the molecule is O=C(Nc1ccccc1)c1cn(CCCCCCC(=O)N(c2ccccc2)c2ccccc2)cc1-c1ccccc1. The van der Waals surface area contributed by atoms with E-state index < -0.39 is 0 Å². The zero-order valence-corrected chi connectivity index (χ0v) is 23.2. The number of anilines is 3. The molecule has 0 radical (unpaired) electrons. The van der Waals surface area contributed by atoms with Gasteiger partial charge in [0.05, 0.1) is 5.56 Å². The van der Waals surface area contributed by atoms with E-state index in [2.05, 4.69) is 16.1 Å². The van der Waals surface area contributed by atoms with Crippen LogP contribution < -0.4 is 10.2 Å². The summed E-state index contributed by atoms with van der Waals surface area (Å²) in [4.78, 5) is 28.3. The number of amides is 2. The fourth-order valence-electron chi connectivity index (χ4n) is 5.01. The Labute approximate surface area is 242 Å². The molecule has 4 aromatic carbocycles. The monoisotopic (exact) mass is 541 g/mol. The summed E-state index contributed by atoms with van der Waals surface area (Å²) in [7, 11) is 0. The van der Waals surface area contributed by atoms with Crippen LogP contribution in [0.2, 0.25) is 0 Å². The van der Waals surface area contributed by atoms with Crippen LogP contribution in [0.25, 0.3) is 11.1 Å². The number of nitrogens with one attached hydrogen (secondary N) is 1. The summed E-state index contributed by atoms with van der Waals surface area (Å²) >= 11 is 0.